The number of rotatable bonds is 4. The van der Waals surface area contributed by atoms with Crippen molar-refractivity contribution >= 4 is 25.7 Å². The summed E-state index contributed by atoms with van der Waals surface area (Å²) in [5.41, 5.74) is 5.64. The number of hydrogen-bond donors (Lipinski definition) is 1. The van der Waals surface area contributed by atoms with Crippen LogP contribution in [0.1, 0.15) is 13.3 Å². The van der Waals surface area contributed by atoms with Gasteiger partial charge in [0.2, 0.25) is 10.0 Å². The van der Waals surface area contributed by atoms with E-state index in [1.165, 1.54) is 17.9 Å². The van der Waals surface area contributed by atoms with Crippen LogP contribution >= 0.6 is 0 Å². The first-order valence-electron chi connectivity index (χ1n) is 6.19. The summed E-state index contributed by atoms with van der Waals surface area (Å²) in [6.07, 6.45) is 1.67. The monoisotopic (exact) mass is 322 g/mol. The summed E-state index contributed by atoms with van der Waals surface area (Å²) in [6, 6.07) is -0.547. The largest absolute Gasteiger partial charge is 0.381 e. The zero-order valence-corrected chi connectivity index (χ0v) is 13.0. The molecule has 8 nitrogen and oxygen atoms in total. The summed E-state index contributed by atoms with van der Waals surface area (Å²) in [6.45, 7) is 2.32. The molecule has 1 fully saturated rings. The summed E-state index contributed by atoms with van der Waals surface area (Å²) in [7, 11) is -5.60. The van der Waals surface area contributed by atoms with E-state index in [9.17, 15) is 16.8 Å². The van der Waals surface area contributed by atoms with Crippen LogP contribution in [-0.2, 0) is 26.4 Å². The summed E-state index contributed by atoms with van der Waals surface area (Å²) in [4.78, 5) is -0.0776. The van der Waals surface area contributed by atoms with Gasteiger partial charge in [0.25, 0.3) is 0 Å². The molecule has 2 heterocycles. The number of sulfone groups is 1. The highest BCUT2D eigenvalue weighted by atomic mass is 32.2. The van der Waals surface area contributed by atoms with E-state index >= 15 is 0 Å². The maximum Gasteiger partial charge on any atom is 0.248 e. The molecule has 1 aromatic rings. The molecule has 0 aliphatic carbocycles. The molecule has 1 aliphatic heterocycles. The average molecular weight is 322 g/mol. The standard InChI is InChI=1S/C10H18N4O4S2/c1-3-14-6-9(10(11)12-14)20(17,18)13(2)8-4-5-19(15,16)7-8/h6,8H,3-5,7H2,1-2H3,(H2,11,12). The zero-order valence-electron chi connectivity index (χ0n) is 11.4. The summed E-state index contributed by atoms with van der Waals surface area (Å²) in [5, 5.41) is 3.90. The minimum absolute atomic E-state index is 0.0151. The highest BCUT2D eigenvalue weighted by Crippen LogP contribution is 2.26. The molecule has 114 valence electrons. The van der Waals surface area contributed by atoms with Crippen molar-refractivity contribution in [1.29, 1.82) is 0 Å². The SMILES string of the molecule is CCn1cc(S(=O)(=O)N(C)C2CCS(=O)(=O)C2)c(N)n1. The van der Waals surface area contributed by atoms with Gasteiger partial charge in [-0.25, -0.2) is 16.8 Å². The average Bonchev–Trinajstić information content (AvgIpc) is 2.91. The molecule has 2 rings (SSSR count). The molecule has 10 heteroatoms. The van der Waals surface area contributed by atoms with Gasteiger partial charge in [-0.2, -0.15) is 9.40 Å². The minimum atomic E-state index is -3.83. The lowest BCUT2D eigenvalue weighted by Gasteiger charge is -2.22. The first-order valence-corrected chi connectivity index (χ1v) is 9.45. The third-order valence-electron chi connectivity index (χ3n) is 3.46. The highest BCUT2D eigenvalue weighted by Gasteiger charge is 2.37. The number of aromatic nitrogens is 2. The van der Waals surface area contributed by atoms with Crippen LogP contribution in [0.15, 0.2) is 11.1 Å². The second kappa shape index (κ2) is 5.01. The number of anilines is 1. The first-order chi connectivity index (χ1) is 9.17. The lowest BCUT2D eigenvalue weighted by Crippen LogP contribution is -2.37. The summed E-state index contributed by atoms with van der Waals surface area (Å²) < 4.78 is 50.4. The molecule has 1 unspecified atom stereocenters. The van der Waals surface area contributed by atoms with Crippen LogP contribution in [0, 0.1) is 0 Å². The van der Waals surface area contributed by atoms with Gasteiger partial charge in [-0.15, -0.1) is 0 Å². The molecule has 1 aliphatic rings. The van der Waals surface area contributed by atoms with Crippen LogP contribution in [0.2, 0.25) is 0 Å². The lowest BCUT2D eigenvalue weighted by atomic mass is 10.3. The van der Waals surface area contributed by atoms with E-state index in [1.54, 1.807) is 0 Å². The van der Waals surface area contributed by atoms with E-state index in [2.05, 4.69) is 5.10 Å². The van der Waals surface area contributed by atoms with Gasteiger partial charge in [0, 0.05) is 25.8 Å². The molecule has 1 saturated heterocycles. The summed E-state index contributed by atoms with van der Waals surface area (Å²) >= 11 is 0. The molecule has 2 N–H and O–H groups in total. The molecule has 0 radical (unpaired) electrons. The maximum absolute atomic E-state index is 12.5. The number of hydrogen-bond acceptors (Lipinski definition) is 6. The van der Waals surface area contributed by atoms with Crippen LogP contribution in [0.4, 0.5) is 5.82 Å². The van der Waals surface area contributed by atoms with E-state index in [1.807, 2.05) is 6.92 Å². The van der Waals surface area contributed by atoms with Crippen LogP contribution in [0.3, 0.4) is 0 Å². The fourth-order valence-corrected chi connectivity index (χ4v) is 5.50. The Labute approximate surface area is 118 Å². The molecule has 1 atom stereocenters. The number of aryl methyl sites for hydroxylation is 1. The van der Waals surface area contributed by atoms with Gasteiger partial charge in [-0.3, -0.25) is 4.68 Å². The van der Waals surface area contributed by atoms with Crippen LogP contribution in [0.25, 0.3) is 0 Å². The van der Waals surface area contributed by atoms with Crippen molar-refractivity contribution in [3.05, 3.63) is 6.20 Å². The van der Waals surface area contributed by atoms with Gasteiger partial charge < -0.3 is 5.73 Å². The normalized spacial score (nSPS) is 22.4. The second-order valence-corrected chi connectivity index (χ2v) is 9.01. The van der Waals surface area contributed by atoms with Gasteiger partial charge in [0.05, 0.1) is 11.5 Å². The van der Waals surface area contributed by atoms with Crippen molar-refractivity contribution < 1.29 is 16.8 Å². The number of sulfonamides is 1. The Morgan fingerprint density at radius 2 is 2.20 bits per heavy atom. The summed E-state index contributed by atoms with van der Waals surface area (Å²) in [5.74, 6) is -0.203. The van der Waals surface area contributed by atoms with Crippen LogP contribution in [-0.4, -0.2) is 55.5 Å². The quantitative estimate of drug-likeness (QED) is 0.783. The predicted octanol–water partition coefficient (Wildman–Crippen LogP) is -0.707. The Morgan fingerprint density at radius 3 is 2.65 bits per heavy atom. The molecule has 0 saturated carbocycles. The number of nitrogen functional groups attached to an aromatic ring is 1. The Hall–Kier alpha value is -1.13. The third-order valence-corrected chi connectivity index (χ3v) is 7.14. The van der Waals surface area contributed by atoms with Crippen LogP contribution in [0.5, 0.6) is 0 Å². The highest BCUT2D eigenvalue weighted by molar-refractivity contribution is 7.92. The molecule has 0 spiro atoms. The maximum atomic E-state index is 12.5. The van der Waals surface area contributed by atoms with Crippen molar-refractivity contribution in [1.82, 2.24) is 14.1 Å². The van der Waals surface area contributed by atoms with Crippen molar-refractivity contribution in [2.45, 2.75) is 30.8 Å². The molecule has 0 aromatic carbocycles. The van der Waals surface area contributed by atoms with E-state index in [-0.39, 0.29) is 22.2 Å². The first kappa shape index (κ1) is 15.3. The fraction of sp³-hybridized carbons (Fsp3) is 0.700. The molecule has 0 amide bonds. The zero-order chi connectivity index (χ0) is 15.1. The van der Waals surface area contributed by atoms with E-state index in [4.69, 9.17) is 5.73 Å². The Bertz CT molecular complexity index is 708. The van der Waals surface area contributed by atoms with Crippen molar-refractivity contribution in [3.8, 4) is 0 Å². The number of nitrogens with zero attached hydrogens (tertiary/aromatic N) is 3. The van der Waals surface area contributed by atoms with E-state index < -0.39 is 25.9 Å². The second-order valence-electron chi connectivity index (χ2n) is 4.81. The molecule has 20 heavy (non-hydrogen) atoms. The molecule has 1 aromatic heterocycles. The van der Waals surface area contributed by atoms with Gasteiger partial charge >= 0.3 is 0 Å². The minimum Gasteiger partial charge on any atom is -0.381 e. The van der Waals surface area contributed by atoms with Crippen molar-refractivity contribution in [3.63, 3.8) is 0 Å². The molecule has 0 bridgehead atoms. The van der Waals surface area contributed by atoms with E-state index in [0.717, 1.165) is 4.31 Å². The molecular formula is C10H18N4O4S2. The predicted molar refractivity (Wildman–Crippen MR) is 74.3 cm³/mol. The lowest BCUT2D eigenvalue weighted by molar-refractivity contribution is 0.394. The number of nitrogens with two attached hydrogens (primary N) is 1. The van der Waals surface area contributed by atoms with Gasteiger partial charge in [0.1, 0.15) is 4.90 Å². The smallest absolute Gasteiger partial charge is 0.248 e. The Kier molecular flexibility index (Phi) is 3.82. The Morgan fingerprint density at radius 1 is 1.55 bits per heavy atom. The topological polar surface area (TPSA) is 115 Å². The van der Waals surface area contributed by atoms with Crippen LogP contribution < -0.4 is 5.73 Å². The van der Waals surface area contributed by atoms with Gasteiger partial charge in [-0.1, -0.05) is 0 Å². The van der Waals surface area contributed by atoms with E-state index in [0.29, 0.717) is 13.0 Å². The third kappa shape index (κ3) is 2.67. The molecular weight excluding hydrogens is 304 g/mol. The van der Waals surface area contributed by atoms with Crippen molar-refractivity contribution in [2.75, 3.05) is 24.3 Å². The fourth-order valence-electron chi connectivity index (χ4n) is 2.19. The van der Waals surface area contributed by atoms with Crippen molar-refractivity contribution in [2.24, 2.45) is 0 Å². The van der Waals surface area contributed by atoms with Gasteiger partial charge in [0.15, 0.2) is 15.7 Å². The van der Waals surface area contributed by atoms with Gasteiger partial charge in [-0.05, 0) is 13.3 Å². The Balaban J connectivity index is 2.32.